The van der Waals surface area contributed by atoms with Gasteiger partial charge < -0.3 is 14.8 Å². The lowest BCUT2D eigenvalue weighted by molar-refractivity contribution is -0.116. The molecule has 1 aliphatic heterocycles. The van der Waals surface area contributed by atoms with Crippen molar-refractivity contribution in [3.05, 3.63) is 40.3 Å². The predicted molar refractivity (Wildman–Crippen MR) is 127 cm³/mol. The van der Waals surface area contributed by atoms with E-state index in [4.69, 9.17) is 9.47 Å². The monoisotopic (exact) mass is 462 g/mol. The van der Waals surface area contributed by atoms with Crippen molar-refractivity contribution in [3.8, 4) is 5.75 Å². The molecule has 0 fully saturated rings. The number of thiophene rings is 1. The number of fused-ring (bicyclic) bond motifs is 1. The number of amides is 1. The van der Waals surface area contributed by atoms with Crippen molar-refractivity contribution < 1.29 is 19.1 Å². The molecular formula is C23H30N2O4S2. The molecule has 1 amide bonds. The molecular weight excluding hydrogens is 432 g/mol. The number of benzene rings is 1. The summed E-state index contributed by atoms with van der Waals surface area (Å²) in [7, 11) is 3.04. The number of methoxy groups -OCH3 is 2. The van der Waals surface area contributed by atoms with Crippen molar-refractivity contribution in [1.82, 2.24) is 4.90 Å². The SMILES string of the molecule is CCCN1CCc2c(sc(NC(=O)CCCSc3ccc(OC)cc3)c2C(=O)OC)C1. The van der Waals surface area contributed by atoms with Gasteiger partial charge in [-0.15, -0.1) is 23.1 Å². The summed E-state index contributed by atoms with van der Waals surface area (Å²) in [5, 5.41) is 3.61. The van der Waals surface area contributed by atoms with Gasteiger partial charge in [0.25, 0.3) is 0 Å². The average molecular weight is 463 g/mol. The molecule has 31 heavy (non-hydrogen) atoms. The lowest BCUT2D eigenvalue weighted by Gasteiger charge is -2.26. The molecule has 0 saturated carbocycles. The molecule has 0 saturated heterocycles. The maximum absolute atomic E-state index is 12.6. The summed E-state index contributed by atoms with van der Waals surface area (Å²) in [5.74, 6) is 1.24. The molecule has 8 heteroatoms. The zero-order valence-corrected chi connectivity index (χ0v) is 20.0. The first-order valence-corrected chi connectivity index (χ1v) is 12.4. The molecule has 3 rings (SSSR count). The number of ether oxygens (including phenoxy) is 2. The number of hydrogen-bond acceptors (Lipinski definition) is 7. The molecule has 0 radical (unpaired) electrons. The molecule has 0 aliphatic carbocycles. The fraction of sp³-hybridized carbons (Fsp3) is 0.478. The normalized spacial score (nSPS) is 13.5. The fourth-order valence-electron chi connectivity index (χ4n) is 3.65. The van der Waals surface area contributed by atoms with Crippen LogP contribution in [0.15, 0.2) is 29.2 Å². The van der Waals surface area contributed by atoms with E-state index in [2.05, 4.69) is 17.1 Å². The van der Waals surface area contributed by atoms with Crippen LogP contribution < -0.4 is 10.1 Å². The summed E-state index contributed by atoms with van der Waals surface area (Å²) in [4.78, 5) is 29.7. The molecule has 1 aliphatic rings. The summed E-state index contributed by atoms with van der Waals surface area (Å²) in [6, 6.07) is 7.90. The Morgan fingerprint density at radius 3 is 2.68 bits per heavy atom. The Balaban J connectivity index is 1.56. The van der Waals surface area contributed by atoms with Crippen LogP contribution in [0, 0.1) is 0 Å². The highest BCUT2D eigenvalue weighted by atomic mass is 32.2. The second-order valence-electron chi connectivity index (χ2n) is 7.40. The second-order valence-corrected chi connectivity index (χ2v) is 9.67. The first kappa shape index (κ1) is 23.6. The van der Waals surface area contributed by atoms with Crippen LogP contribution in [0.5, 0.6) is 5.75 Å². The number of carbonyl (C=O) groups excluding carboxylic acids is 2. The van der Waals surface area contributed by atoms with Gasteiger partial charge in [0.2, 0.25) is 5.91 Å². The number of nitrogens with one attached hydrogen (secondary N) is 1. The Kier molecular flexibility index (Phi) is 8.80. The summed E-state index contributed by atoms with van der Waals surface area (Å²) in [6.07, 6.45) is 3.08. The van der Waals surface area contributed by atoms with Gasteiger partial charge in [-0.1, -0.05) is 6.92 Å². The van der Waals surface area contributed by atoms with E-state index in [1.54, 1.807) is 18.9 Å². The van der Waals surface area contributed by atoms with Crippen LogP contribution in [0.2, 0.25) is 0 Å². The molecule has 168 valence electrons. The van der Waals surface area contributed by atoms with E-state index in [0.29, 0.717) is 17.0 Å². The first-order chi connectivity index (χ1) is 15.0. The molecule has 1 aromatic heterocycles. The highest BCUT2D eigenvalue weighted by Gasteiger charge is 2.29. The maximum atomic E-state index is 12.6. The lowest BCUT2D eigenvalue weighted by Crippen LogP contribution is -2.30. The summed E-state index contributed by atoms with van der Waals surface area (Å²) >= 11 is 3.23. The standard InChI is InChI=1S/C23H30N2O4S2/c1-4-12-25-13-11-18-19(15-25)31-22(21(18)23(27)29-3)24-20(26)6-5-14-30-17-9-7-16(28-2)8-10-17/h7-10H,4-6,11-15H2,1-3H3,(H,24,26). The number of rotatable bonds is 10. The molecule has 2 heterocycles. The number of carbonyl (C=O) groups is 2. The molecule has 0 bridgehead atoms. The van der Waals surface area contributed by atoms with Gasteiger partial charge >= 0.3 is 5.97 Å². The van der Waals surface area contributed by atoms with Crippen molar-refractivity contribution in [2.24, 2.45) is 0 Å². The van der Waals surface area contributed by atoms with E-state index in [-0.39, 0.29) is 11.9 Å². The van der Waals surface area contributed by atoms with Gasteiger partial charge in [-0.3, -0.25) is 9.69 Å². The third kappa shape index (κ3) is 6.24. The topological polar surface area (TPSA) is 67.9 Å². The number of esters is 1. The quantitative estimate of drug-likeness (QED) is 0.310. The van der Waals surface area contributed by atoms with Crippen LogP contribution in [-0.2, 0) is 22.5 Å². The number of thioether (sulfide) groups is 1. The summed E-state index contributed by atoms with van der Waals surface area (Å²) in [6.45, 7) is 4.96. The highest BCUT2D eigenvalue weighted by Crippen LogP contribution is 2.37. The van der Waals surface area contributed by atoms with Crippen LogP contribution in [0.1, 0.15) is 47.0 Å². The number of nitrogens with zero attached hydrogens (tertiary/aromatic N) is 1. The van der Waals surface area contributed by atoms with E-state index >= 15 is 0 Å². The number of anilines is 1. The zero-order valence-electron chi connectivity index (χ0n) is 18.4. The van der Waals surface area contributed by atoms with Gasteiger partial charge in [-0.05, 0) is 61.4 Å². The Hall–Kier alpha value is -2.03. The molecule has 6 nitrogen and oxygen atoms in total. The van der Waals surface area contributed by atoms with Crippen LogP contribution in [0.25, 0.3) is 0 Å². The Labute approximate surface area is 192 Å². The van der Waals surface area contributed by atoms with Crippen LogP contribution >= 0.6 is 23.1 Å². The van der Waals surface area contributed by atoms with E-state index < -0.39 is 0 Å². The van der Waals surface area contributed by atoms with E-state index in [0.717, 1.165) is 65.7 Å². The van der Waals surface area contributed by atoms with Crippen molar-refractivity contribution in [2.75, 3.05) is 38.4 Å². The van der Waals surface area contributed by atoms with Crippen molar-refractivity contribution in [1.29, 1.82) is 0 Å². The molecule has 1 N–H and O–H groups in total. The Bertz CT molecular complexity index is 896. The van der Waals surface area contributed by atoms with Gasteiger partial charge in [0.15, 0.2) is 0 Å². The minimum Gasteiger partial charge on any atom is -0.497 e. The lowest BCUT2D eigenvalue weighted by atomic mass is 10.0. The van der Waals surface area contributed by atoms with Crippen LogP contribution in [0.3, 0.4) is 0 Å². The second kappa shape index (κ2) is 11.5. The zero-order chi connectivity index (χ0) is 22.2. The Morgan fingerprint density at radius 1 is 1.23 bits per heavy atom. The van der Waals surface area contributed by atoms with E-state index in [1.807, 2.05) is 24.3 Å². The van der Waals surface area contributed by atoms with Crippen molar-refractivity contribution in [2.45, 2.75) is 44.0 Å². The minimum atomic E-state index is -0.369. The largest absolute Gasteiger partial charge is 0.497 e. The summed E-state index contributed by atoms with van der Waals surface area (Å²) in [5.41, 5.74) is 1.58. The first-order valence-electron chi connectivity index (χ1n) is 10.6. The maximum Gasteiger partial charge on any atom is 0.341 e. The summed E-state index contributed by atoms with van der Waals surface area (Å²) < 4.78 is 10.2. The Morgan fingerprint density at radius 2 is 2.00 bits per heavy atom. The molecule has 0 atom stereocenters. The van der Waals surface area contributed by atoms with Gasteiger partial charge in [0.1, 0.15) is 10.8 Å². The molecule has 0 unspecified atom stereocenters. The van der Waals surface area contributed by atoms with Gasteiger partial charge in [-0.2, -0.15) is 0 Å². The molecule has 0 spiro atoms. The van der Waals surface area contributed by atoms with Crippen LogP contribution in [0.4, 0.5) is 5.00 Å². The third-order valence-corrected chi connectivity index (χ3v) is 7.43. The molecule has 2 aromatic rings. The fourth-order valence-corrected chi connectivity index (χ4v) is 5.80. The predicted octanol–water partition coefficient (Wildman–Crippen LogP) is 4.82. The minimum absolute atomic E-state index is 0.0653. The van der Waals surface area contributed by atoms with Crippen molar-refractivity contribution in [3.63, 3.8) is 0 Å². The van der Waals surface area contributed by atoms with Gasteiger partial charge in [-0.25, -0.2) is 4.79 Å². The smallest absolute Gasteiger partial charge is 0.341 e. The van der Waals surface area contributed by atoms with Gasteiger partial charge in [0.05, 0.1) is 19.8 Å². The van der Waals surface area contributed by atoms with Crippen LogP contribution in [-0.4, -0.2) is 49.8 Å². The average Bonchev–Trinajstić information content (AvgIpc) is 3.13. The highest BCUT2D eigenvalue weighted by molar-refractivity contribution is 7.99. The van der Waals surface area contributed by atoms with E-state index in [1.165, 1.54) is 18.4 Å². The number of hydrogen-bond donors (Lipinski definition) is 1. The third-order valence-electron chi connectivity index (χ3n) is 5.19. The van der Waals surface area contributed by atoms with E-state index in [9.17, 15) is 9.59 Å². The molecule has 1 aromatic carbocycles. The van der Waals surface area contributed by atoms with Gasteiger partial charge in [0, 0.05) is 29.3 Å². The van der Waals surface area contributed by atoms with Crippen molar-refractivity contribution >= 4 is 40.0 Å².